The maximum Gasteiger partial charge on any atom is 0.417 e. The third-order valence-corrected chi connectivity index (χ3v) is 3.15. The summed E-state index contributed by atoms with van der Waals surface area (Å²) in [5, 5.41) is 3.17. The Balaban J connectivity index is 2.25. The number of hydrogen-bond acceptors (Lipinski definition) is 3. The molecule has 0 atom stereocenters. The van der Waals surface area contributed by atoms with Crippen molar-refractivity contribution in [3.8, 4) is 0 Å². The van der Waals surface area contributed by atoms with Crippen molar-refractivity contribution in [1.82, 2.24) is 10.3 Å². The number of piperazine rings is 1. The van der Waals surface area contributed by atoms with E-state index in [1.54, 1.807) is 0 Å². The van der Waals surface area contributed by atoms with Crippen molar-refractivity contribution >= 4 is 21.7 Å². The second-order valence-electron chi connectivity index (χ2n) is 3.76. The fourth-order valence-electron chi connectivity index (χ4n) is 1.70. The summed E-state index contributed by atoms with van der Waals surface area (Å²) in [6.45, 7) is 3.12. The average molecular weight is 310 g/mol. The molecule has 0 radical (unpaired) electrons. The lowest BCUT2D eigenvalue weighted by Crippen LogP contribution is -2.44. The van der Waals surface area contributed by atoms with Crippen LogP contribution in [0.4, 0.5) is 19.0 Å². The van der Waals surface area contributed by atoms with Gasteiger partial charge in [0.15, 0.2) is 0 Å². The Bertz CT molecular complexity index is 402. The van der Waals surface area contributed by atoms with Gasteiger partial charge in [0.1, 0.15) is 5.82 Å². The minimum atomic E-state index is -4.35. The quantitative estimate of drug-likeness (QED) is 0.862. The van der Waals surface area contributed by atoms with E-state index in [-0.39, 0.29) is 0 Å². The Labute approximate surface area is 105 Å². The van der Waals surface area contributed by atoms with Gasteiger partial charge in [-0.15, -0.1) is 0 Å². The van der Waals surface area contributed by atoms with E-state index in [4.69, 9.17) is 0 Å². The van der Waals surface area contributed by atoms with Crippen molar-refractivity contribution in [1.29, 1.82) is 0 Å². The topological polar surface area (TPSA) is 28.2 Å². The molecule has 0 aliphatic carbocycles. The first-order valence-corrected chi connectivity index (χ1v) is 5.96. The number of rotatable bonds is 1. The molecule has 3 nitrogen and oxygen atoms in total. The van der Waals surface area contributed by atoms with Crippen LogP contribution < -0.4 is 10.2 Å². The number of nitrogens with zero attached hydrogens (tertiary/aromatic N) is 2. The molecule has 1 saturated heterocycles. The molecule has 0 spiro atoms. The molecule has 94 valence electrons. The fraction of sp³-hybridized carbons (Fsp3) is 0.500. The molecule has 0 bridgehead atoms. The molecule has 1 aromatic heterocycles. The van der Waals surface area contributed by atoms with Gasteiger partial charge >= 0.3 is 6.18 Å². The third kappa shape index (κ3) is 2.90. The highest BCUT2D eigenvalue weighted by molar-refractivity contribution is 9.10. The summed E-state index contributed by atoms with van der Waals surface area (Å²) in [5.41, 5.74) is -0.733. The highest BCUT2D eigenvalue weighted by Gasteiger charge is 2.32. The van der Waals surface area contributed by atoms with Crippen molar-refractivity contribution in [2.24, 2.45) is 0 Å². The Morgan fingerprint density at radius 1 is 1.29 bits per heavy atom. The minimum Gasteiger partial charge on any atom is -0.353 e. The van der Waals surface area contributed by atoms with E-state index in [9.17, 15) is 13.2 Å². The largest absolute Gasteiger partial charge is 0.417 e. The van der Waals surface area contributed by atoms with E-state index in [1.165, 1.54) is 0 Å². The molecule has 17 heavy (non-hydrogen) atoms. The standard InChI is InChI=1S/C10H11BrF3N3/c11-8-5-7(10(12,13)14)6-16-9(8)17-3-1-15-2-4-17/h5-6,15H,1-4H2. The minimum absolute atomic E-state index is 0.384. The van der Waals surface area contributed by atoms with Gasteiger partial charge in [0.05, 0.1) is 10.0 Å². The molecule has 2 rings (SSSR count). The highest BCUT2D eigenvalue weighted by Crippen LogP contribution is 2.33. The molecule has 2 heterocycles. The maximum atomic E-state index is 12.5. The lowest BCUT2D eigenvalue weighted by Gasteiger charge is -2.29. The maximum absolute atomic E-state index is 12.5. The molecule has 0 aromatic carbocycles. The van der Waals surface area contributed by atoms with E-state index in [0.717, 1.165) is 38.4 Å². The SMILES string of the molecule is FC(F)(F)c1cnc(N2CCNCC2)c(Br)c1. The second-order valence-corrected chi connectivity index (χ2v) is 4.62. The Morgan fingerprint density at radius 2 is 1.94 bits per heavy atom. The van der Waals surface area contributed by atoms with Gasteiger partial charge in [-0.25, -0.2) is 4.98 Å². The number of halogens is 4. The molecule has 1 aliphatic rings. The van der Waals surface area contributed by atoms with E-state index >= 15 is 0 Å². The van der Waals surface area contributed by atoms with Crippen LogP contribution in [-0.2, 0) is 6.18 Å². The molecule has 1 N–H and O–H groups in total. The van der Waals surface area contributed by atoms with Crippen molar-refractivity contribution in [2.45, 2.75) is 6.18 Å². The Kier molecular flexibility index (Phi) is 3.58. The van der Waals surface area contributed by atoms with Crippen molar-refractivity contribution in [2.75, 3.05) is 31.1 Å². The summed E-state index contributed by atoms with van der Waals surface area (Å²) in [7, 11) is 0. The van der Waals surface area contributed by atoms with Crippen LogP contribution in [0, 0.1) is 0 Å². The molecular formula is C10H11BrF3N3. The number of aromatic nitrogens is 1. The summed E-state index contributed by atoms with van der Waals surface area (Å²) >= 11 is 3.15. The molecule has 1 fully saturated rings. The van der Waals surface area contributed by atoms with Crippen LogP contribution in [0.25, 0.3) is 0 Å². The molecule has 1 aliphatic heterocycles. The smallest absolute Gasteiger partial charge is 0.353 e. The first-order valence-electron chi connectivity index (χ1n) is 5.17. The Hall–Kier alpha value is -0.820. The van der Waals surface area contributed by atoms with Gasteiger partial charge in [-0.05, 0) is 22.0 Å². The normalized spacial score (nSPS) is 17.3. The summed E-state index contributed by atoms with van der Waals surface area (Å²) in [5.74, 6) is 0.569. The number of anilines is 1. The van der Waals surface area contributed by atoms with Crippen LogP contribution >= 0.6 is 15.9 Å². The van der Waals surface area contributed by atoms with E-state index in [0.29, 0.717) is 10.3 Å². The summed E-state index contributed by atoms with van der Waals surface area (Å²) in [4.78, 5) is 5.86. The summed E-state index contributed by atoms with van der Waals surface area (Å²) in [6.07, 6.45) is -3.47. The molecule has 1 aromatic rings. The van der Waals surface area contributed by atoms with Gasteiger partial charge in [-0.2, -0.15) is 13.2 Å². The predicted molar refractivity (Wildman–Crippen MR) is 62.0 cm³/mol. The van der Waals surface area contributed by atoms with Crippen LogP contribution in [0.5, 0.6) is 0 Å². The molecule has 0 unspecified atom stereocenters. The van der Waals surface area contributed by atoms with E-state index in [2.05, 4.69) is 26.2 Å². The van der Waals surface area contributed by atoms with Crippen molar-refractivity contribution in [3.05, 3.63) is 22.3 Å². The molecular weight excluding hydrogens is 299 g/mol. The number of alkyl halides is 3. The zero-order chi connectivity index (χ0) is 12.5. The van der Waals surface area contributed by atoms with Gasteiger partial charge in [0.2, 0.25) is 0 Å². The highest BCUT2D eigenvalue weighted by atomic mass is 79.9. The van der Waals surface area contributed by atoms with Crippen LogP contribution in [0.15, 0.2) is 16.7 Å². The van der Waals surface area contributed by atoms with E-state index < -0.39 is 11.7 Å². The molecule has 0 amide bonds. The van der Waals surface area contributed by atoms with Crippen LogP contribution in [0.1, 0.15) is 5.56 Å². The van der Waals surface area contributed by atoms with Gasteiger partial charge < -0.3 is 10.2 Å². The lowest BCUT2D eigenvalue weighted by atomic mass is 10.2. The van der Waals surface area contributed by atoms with E-state index in [1.807, 2.05) is 4.90 Å². The number of hydrogen-bond donors (Lipinski definition) is 1. The number of pyridine rings is 1. The zero-order valence-electron chi connectivity index (χ0n) is 8.89. The predicted octanol–water partition coefficient (Wildman–Crippen LogP) is 2.27. The van der Waals surface area contributed by atoms with Crippen LogP contribution in [0.3, 0.4) is 0 Å². The average Bonchev–Trinajstić information content (AvgIpc) is 2.29. The van der Waals surface area contributed by atoms with Crippen LogP contribution in [0.2, 0.25) is 0 Å². The van der Waals surface area contributed by atoms with Gasteiger partial charge in [0, 0.05) is 32.4 Å². The fourth-order valence-corrected chi connectivity index (χ4v) is 2.29. The first kappa shape index (κ1) is 12.6. The summed E-state index contributed by atoms with van der Waals surface area (Å²) < 4.78 is 37.8. The van der Waals surface area contributed by atoms with Crippen molar-refractivity contribution < 1.29 is 13.2 Å². The van der Waals surface area contributed by atoms with Gasteiger partial charge in [0.25, 0.3) is 0 Å². The first-order chi connectivity index (χ1) is 7.98. The number of nitrogens with one attached hydrogen (secondary N) is 1. The molecule has 0 saturated carbocycles. The second kappa shape index (κ2) is 4.81. The van der Waals surface area contributed by atoms with Gasteiger partial charge in [-0.3, -0.25) is 0 Å². The lowest BCUT2D eigenvalue weighted by molar-refractivity contribution is -0.137. The van der Waals surface area contributed by atoms with Crippen LogP contribution in [-0.4, -0.2) is 31.2 Å². The summed E-state index contributed by atoms with van der Waals surface area (Å²) in [6, 6.07) is 1.07. The Morgan fingerprint density at radius 3 is 2.47 bits per heavy atom. The molecule has 7 heteroatoms. The van der Waals surface area contributed by atoms with Gasteiger partial charge in [-0.1, -0.05) is 0 Å². The monoisotopic (exact) mass is 309 g/mol. The van der Waals surface area contributed by atoms with Crippen molar-refractivity contribution in [3.63, 3.8) is 0 Å². The zero-order valence-corrected chi connectivity index (χ0v) is 10.5. The third-order valence-electron chi connectivity index (χ3n) is 2.57.